The lowest BCUT2D eigenvalue weighted by Gasteiger charge is -2.39. The van der Waals surface area contributed by atoms with Gasteiger partial charge in [-0.3, -0.25) is 9.59 Å². The molecule has 15 atom stereocenters. The zero-order valence-electron chi connectivity index (χ0n) is 33.7. The van der Waals surface area contributed by atoms with E-state index in [0.717, 1.165) is 11.1 Å². The maximum absolute atomic E-state index is 13.6. The topological polar surface area (TPSA) is 204 Å². The Morgan fingerprint density at radius 2 is 1.72 bits per heavy atom. The van der Waals surface area contributed by atoms with Gasteiger partial charge in [0.05, 0.1) is 30.8 Å². The van der Waals surface area contributed by atoms with E-state index in [2.05, 4.69) is 0 Å². The van der Waals surface area contributed by atoms with E-state index < -0.39 is 97.1 Å². The fourth-order valence-electron chi connectivity index (χ4n) is 7.99. The maximum Gasteiger partial charge on any atom is 0.404 e. The van der Waals surface area contributed by atoms with E-state index in [4.69, 9.17) is 29.4 Å². The third-order valence-electron chi connectivity index (χ3n) is 11.5. The molecule has 1 saturated heterocycles. The molecule has 3 aliphatic rings. The predicted molar refractivity (Wildman–Crippen MR) is 201 cm³/mol. The number of ketones is 1. The van der Waals surface area contributed by atoms with E-state index in [0.29, 0.717) is 32.1 Å². The molecule has 0 aromatic rings. The number of carbonyl (C=O) groups is 3. The fraction of sp³-hybridized carbons (Fsp3) is 0.780. The average Bonchev–Trinajstić information content (AvgIpc) is 3.11. The Labute approximate surface area is 321 Å². The number of cyclic esters (lactones) is 1. The predicted octanol–water partition coefficient (Wildman–Crippen LogP) is 5.01. The molecule has 6 N–H and O–H groups in total. The first-order valence-corrected chi connectivity index (χ1v) is 19.7. The molecular formula is C41H67NO12. The molecule has 308 valence electrons. The van der Waals surface area contributed by atoms with Crippen molar-refractivity contribution in [3.05, 3.63) is 35.5 Å². The zero-order valence-corrected chi connectivity index (χ0v) is 33.7. The molecule has 0 aromatic carbocycles. The monoisotopic (exact) mass is 765 g/mol. The number of allylic oxidation sites excluding steroid dienone is 1. The Morgan fingerprint density at radius 1 is 1.06 bits per heavy atom. The number of primary amides is 1. The van der Waals surface area contributed by atoms with Crippen molar-refractivity contribution in [2.24, 2.45) is 35.3 Å². The molecule has 0 aromatic heterocycles. The maximum atomic E-state index is 13.6. The van der Waals surface area contributed by atoms with Gasteiger partial charge in [0, 0.05) is 37.0 Å². The summed E-state index contributed by atoms with van der Waals surface area (Å²) in [6.45, 7) is 16.4. The molecule has 3 rings (SSSR count). The number of esters is 1. The summed E-state index contributed by atoms with van der Waals surface area (Å²) in [5.41, 5.74) is 7.05. The van der Waals surface area contributed by atoms with Crippen LogP contribution >= 0.6 is 0 Å². The number of hydrogen-bond acceptors (Lipinski definition) is 12. The van der Waals surface area contributed by atoms with Gasteiger partial charge in [-0.1, -0.05) is 65.8 Å². The number of ether oxygens (including phenoxy) is 5. The molecule has 1 amide bonds. The van der Waals surface area contributed by atoms with Gasteiger partial charge in [0.1, 0.15) is 30.2 Å². The highest BCUT2D eigenvalue weighted by molar-refractivity contribution is 5.80. The molecule has 0 spiro atoms. The van der Waals surface area contributed by atoms with Crippen molar-refractivity contribution in [3.8, 4) is 0 Å². The van der Waals surface area contributed by atoms with Crippen LogP contribution in [0.3, 0.4) is 0 Å². The summed E-state index contributed by atoms with van der Waals surface area (Å²) >= 11 is 0. The molecule has 3 heterocycles. The largest absolute Gasteiger partial charge is 0.462 e. The molecule has 3 aliphatic heterocycles. The summed E-state index contributed by atoms with van der Waals surface area (Å²) in [5, 5.41) is 44.8. The SMILES string of the molecule is CCC(=O)[C@@H](C)[C@@H](O)[C@H](C)C[C@@H](C)[C@H]1OC(=O)C[C@@]2(O)CC=C(C)[C@H](O2)/C(C)=C/CCC[C@@H](O[C@H]2C[C@@H](OC(N)=O)[C@H](O)[C@@H](C)O2)/C=C/[C@H](C)C(O)[C@H]1C. The summed E-state index contributed by atoms with van der Waals surface area (Å²) in [6.07, 6.45) is 1.87. The fourth-order valence-corrected chi connectivity index (χ4v) is 7.99. The summed E-state index contributed by atoms with van der Waals surface area (Å²) in [6, 6.07) is 0. The number of aliphatic hydroxyl groups is 4. The van der Waals surface area contributed by atoms with Crippen LogP contribution in [0.15, 0.2) is 35.5 Å². The van der Waals surface area contributed by atoms with Gasteiger partial charge in [-0.2, -0.15) is 0 Å². The van der Waals surface area contributed by atoms with Crippen molar-refractivity contribution in [3.63, 3.8) is 0 Å². The van der Waals surface area contributed by atoms with Gasteiger partial charge in [0.25, 0.3) is 0 Å². The summed E-state index contributed by atoms with van der Waals surface area (Å²) < 4.78 is 29.8. The highest BCUT2D eigenvalue weighted by Crippen LogP contribution is 2.36. The van der Waals surface area contributed by atoms with Gasteiger partial charge < -0.3 is 49.8 Å². The Kier molecular flexibility index (Phi) is 17.4. The first-order chi connectivity index (χ1) is 25.3. The number of rotatable bonds is 10. The summed E-state index contributed by atoms with van der Waals surface area (Å²) in [5.74, 6) is -4.73. The lowest BCUT2D eigenvalue weighted by Crippen LogP contribution is -2.50. The highest BCUT2D eigenvalue weighted by Gasteiger charge is 2.42. The Hall–Kier alpha value is -2.65. The van der Waals surface area contributed by atoms with Crippen molar-refractivity contribution in [2.75, 3.05) is 0 Å². The second-order valence-corrected chi connectivity index (χ2v) is 16.1. The number of Topliss-reactive ketones (excluding diaryl/α,β-unsaturated/α-hetero) is 1. The van der Waals surface area contributed by atoms with Crippen LogP contribution in [0.25, 0.3) is 0 Å². The Balaban J connectivity index is 1.94. The van der Waals surface area contributed by atoms with Gasteiger partial charge in [0.2, 0.25) is 0 Å². The van der Waals surface area contributed by atoms with Crippen molar-refractivity contribution in [2.45, 2.75) is 175 Å². The molecular weight excluding hydrogens is 698 g/mol. The number of amides is 1. The molecule has 1 fully saturated rings. The van der Waals surface area contributed by atoms with E-state index in [-0.39, 0.29) is 30.5 Å². The average molecular weight is 766 g/mol. The minimum absolute atomic E-state index is 0.0364. The van der Waals surface area contributed by atoms with Gasteiger partial charge >= 0.3 is 12.1 Å². The molecule has 13 heteroatoms. The third kappa shape index (κ3) is 12.7. The van der Waals surface area contributed by atoms with Crippen molar-refractivity contribution in [1.29, 1.82) is 0 Å². The van der Waals surface area contributed by atoms with Crippen LogP contribution in [-0.2, 0) is 33.3 Å². The molecule has 13 nitrogen and oxygen atoms in total. The molecule has 2 bridgehead atoms. The first kappa shape index (κ1) is 45.7. The van der Waals surface area contributed by atoms with E-state index in [1.807, 2.05) is 65.8 Å². The second kappa shape index (κ2) is 20.5. The van der Waals surface area contributed by atoms with E-state index >= 15 is 0 Å². The Morgan fingerprint density at radius 3 is 2.37 bits per heavy atom. The quantitative estimate of drug-likeness (QED) is 0.147. The smallest absolute Gasteiger partial charge is 0.404 e. The van der Waals surface area contributed by atoms with Gasteiger partial charge in [-0.15, -0.1) is 0 Å². The molecule has 1 unspecified atom stereocenters. The lowest BCUT2D eigenvalue weighted by molar-refractivity contribution is -0.254. The number of carbonyl (C=O) groups excluding carboxylic acids is 3. The summed E-state index contributed by atoms with van der Waals surface area (Å²) in [7, 11) is 0. The normalized spacial score (nSPS) is 38.5. The van der Waals surface area contributed by atoms with Gasteiger partial charge in [-0.05, 0) is 69.4 Å². The molecule has 0 aliphatic carbocycles. The van der Waals surface area contributed by atoms with Crippen molar-refractivity contribution < 1.29 is 58.5 Å². The van der Waals surface area contributed by atoms with Crippen LogP contribution in [0.5, 0.6) is 0 Å². The minimum Gasteiger partial charge on any atom is -0.462 e. The van der Waals surface area contributed by atoms with Crippen LogP contribution in [0.4, 0.5) is 4.79 Å². The first-order valence-electron chi connectivity index (χ1n) is 19.7. The zero-order chi connectivity index (χ0) is 40.5. The lowest BCUT2D eigenvalue weighted by atomic mass is 9.78. The number of hydrogen-bond donors (Lipinski definition) is 5. The van der Waals surface area contributed by atoms with E-state index in [1.54, 1.807) is 20.8 Å². The van der Waals surface area contributed by atoms with Crippen molar-refractivity contribution in [1.82, 2.24) is 0 Å². The van der Waals surface area contributed by atoms with E-state index in [9.17, 15) is 34.8 Å². The Bertz CT molecular complexity index is 1350. The van der Waals surface area contributed by atoms with Crippen LogP contribution in [0, 0.1) is 29.6 Å². The van der Waals surface area contributed by atoms with Crippen LogP contribution in [-0.4, -0.2) is 99.2 Å². The molecule has 0 saturated carbocycles. The van der Waals surface area contributed by atoms with Gasteiger partial charge in [0.15, 0.2) is 12.1 Å². The van der Waals surface area contributed by atoms with Gasteiger partial charge in [-0.25, -0.2) is 4.79 Å². The van der Waals surface area contributed by atoms with Crippen LogP contribution in [0.2, 0.25) is 0 Å². The highest BCUT2D eigenvalue weighted by atomic mass is 16.7. The van der Waals surface area contributed by atoms with Crippen LogP contribution in [0.1, 0.15) is 114 Å². The standard InChI is InChI=1S/C41H67NO12/c1-10-31(43)27(7)36(46)25(5)19-26(6)39-28(8)35(45)22(2)15-16-30(51-34-20-32(52-40(42)48)37(47)29(9)50-34)14-12-11-13-23(3)38-24(4)17-18-41(49,54-38)21-33(44)53-39/h13,15-17,22,25-30,32,34-39,45-47,49H,10-12,14,18-21H2,1-9H3,(H2,42,48)/b16-15+,23-13+/t22-,25+,26+,27+,28+,29+,30+,32+,34-,35?,36-,37+,38+,39+,41+/m0/s1. The van der Waals surface area contributed by atoms with Crippen molar-refractivity contribution >= 4 is 17.8 Å². The second-order valence-electron chi connectivity index (χ2n) is 16.1. The minimum atomic E-state index is -1.80. The third-order valence-corrected chi connectivity index (χ3v) is 11.5. The molecule has 54 heavy (non-hydrogen) atoms. The number of fused-ring (bicyclic) bond motifs is 2. The van der Waals surface area contributed by atoms with Crippen LogP contribution < -0.4 is 5.73 Å². The van der Waals surface area contributed by atoms with E-state index in [1.165, 1.54) is 0 Å². The molecule has 0 radical (unpaired) electrons. The number of nitrogens with two attached hydrogens (primary N) is 1. The summed E-state index contributed by atoms with van der Waals surface area (Å²) in [4.78, 5) is 37.5. The number of aliphatic hydroxyl groups excluding tert-OH is 3.